The number of ether oxygens (including phenoxy) is 3. The predicted molar refractivity (Wildman–Crippen MR) is 97.4 cm³/mol. The highest BCUT2D eigenvalue weighted by Gasteiger charge is 2.06. The Kier molecular flexibility index (Phi) is 6.89. The molecule has 0 amide bonds. The van der Waals surface area contributed by atoms with Crippen LogP contribution in [0.15, 0.2) is 24.5 Å². The number of nitrogens with zero attached hydrogens (tertiary/aromatic N) is 2. The Labute approximate surface area is 140 Å². The molecule has 0 saturated carbocycles. The van der Waals surface area contributed by atoms with Gasteiger partial charge in [0.2, 0.25) is 0 Å². The highest BCUT2D eigenvalue weighted by Crippen LogP contribution is 2.33. The van der Waals surface area contributed by atoms with Crippen molar-refractivity contribution in [1.82, 2.24) is 9.55 Å². The third kappa shape index (κ3) is 6.14. The van der Waals surface area contributed by atoms with Crippen LogP contribution in [0.2, 0.25) is 0 Å². The standard InChI is InChI=1S/C17H28N2O3S/c1-20-7-8-21-12-15-5-6-16-17(11-15)19(13-18-16)14-22-9-10-23(2,3)4/h5-6,11,13H,7-10,12,14H2,1-4H3. The van der Waals surface area contributed by atoms with Gasteiger partial charge in [0, 0.05) is 12.9 Å². The largest absolute Gasteiger partial charge is 0.382 e. The van der Waals surface area contributed by atoms with Crippen molar-refractivity contribution in [2.75, 3.05) is 51.5 Å². The third-order valence-electron chi connectivity index (χ3n) is 3.46. The minimum Gasteiger partial charge on any atom is -0.382 e. The molecule has 1 heterocycles. The molecule has 2 rings (SSSR count). The average Bonchev–Trinajstić information content (AvgIpc) is 2.90. The summed E-state index contributed by atoms with van der Waals surface area (Å²) in [7, 11) is 1.17. The van der Waals surface area contributed by atoms with Gasteiger partial charge in [-0.1, -0.05) is 6.07 Å². The van der Waals surface area contributed by atoms with E-state index in [0.29, 0.717) is 26.6 Å². The first-order valence-electron chi connectivity index (χ1n) is 7.74. The zero-order valence-electron chi connectivity index (χ0n) is 14.6. The number of methoxy groups -OCH3 is 1. The summed E-state index contributed by atoms with van der Waals surface area (Å²) in [6, 6.07) is 6.20. The van der Waals surface area contributed by atoms with E-state index in [1.165, 1.54) is 0 Å². The summed E-state index contributed by atoms with van der Waals surface area (Å²) in [4.78, 5) is 4.42. The average molecular weight is 340 g/mol. The van der Waals surface area contributed by atoms with Gasteiger partial charge in [0.1, 0.15) is 6.73 Å². The Balaban J connectivity index is 1.92. The molecule has 0 saturated heterocycles. The van der Waals surface area contributed by atoms with Crippen LogP contribution in [-0.2, 0) is 27.5 Å². The van der Waals surface area contributed by atoms with Gasteiger partial charge in [-0.25, -0.2) is 15.0 Å². The second-order valence-corrected chi connectivity index (χ2v) is 11.0. The van der Waals surface area contributed by atoms with Crippen LogP contribution in [0.25, 0.3) is 11.0 Å². The molecule has 0 bridgehead atoms. The van der Waals surface area contributed by atoms with Crippen molar-refractivity contribution < 1.29 is 14.2 Å². The Hall–Kier alpha value is -1.08. The van der Waals surface area contributed by atoms with Crippen LogP contribution in [0.3, 0.4) is 0 Å². The first-order valence-corrected chi connectivity index (χ1v) is 10.8. The quantitative estimate of drug-likeness (QED) is 0.624. The molecule has 130 valence electrons. The number of benzene rings is 1. The molecule has 23 heavy (non-hydrogen) atoms. The first kappa shape index (κ1) is 18.3. The van der Waals surface area contributed by atoms with Crippen LogP contribution in [0, 0.1) is 0 Å². The van der Waals surface area contributed by atoms with Crippen LogP contribution in [-0.4, -0.2) is 61.0 Å². The molecule has 0 aliphatic heterocycles. The molecule has 0 fully saturated rings. The van der Waals surface area contributed by atoms with Crippen molar-refractivity contribution in [2.24, 2.45) is 0 Å². The summed E-state index contributed by atoms with van der Waals surface area (Å²) >= 11 is 0. The molecule has 1 aromatic carbocycles. The number of rotatable bonds is 10. The van der Waals surface area contributed by atoms with Gasteiger partial charge in [-0.05, 0) is 36.5 Å². The molecule has 6 heteroatoms. The van der Waals surface area contributed by atoms with E-state index in [-0.39, 0.29) is 0 Å². The van der Waals surface area contributed by atoms with E-state index in [2.05, 4.69) is 35.9 Å². The number of imidazole rings is 1. The van der Waals surface area contributed by atoms with Crippen LogP contribution < -0.4 is 0 Å². The zero-order chi connectivity index (χ0) is 16.7. The first-order chi connectivity index (χ1) is 11.0. The molecule has 2 aromatic rings. The molecular weight excluding hydrogens is 312 g/mol. The normalized spacial score (nSPS) is 12.9. The smallest absolute Gasteiger partial charge is 0.124 e. The predicted octanol–water partition coefficient (Wildman–Crippen LogP) is 2.87. The number of hydrogen-bond donors (Lipinski definition) is 0. The van der Waals surface area contributed by atoms with Gasteiger partial charge in [-0.2, -0.15) is 0 Å². The second kappa shape index (κ2) is 8.68. The Morgan fingerprint density at radius 3 is 2.65 bits per heavy atom. The van der Waals surface area contributed by atoms with Gasteiger partial charge in [0.15, 0.2) is 0 Å². The van der Waals surface area contributed by atoms with Crippen LogP contribution in [0.1, 0.15) is 5.56 Å². The van der Waals surface area contributed by atoms with Crippen molar-refractivity contribution in [2.45, 2.75) is 13.3 Å². The minimum absolute atomic E-state index is 0.506. The summed E-state index contributed by atoms with van der Waals surface area (Å²) in [6.45, 7) is 3.13. The summed E-state index contributed by atoms with van der Waals surface area (Å²) < 4.78 is 18.4. The molecule has 0 atom stereocenters. The van der Waals surface area contributed by atoms with Crippen molar-refractivity contribution in [3.8, 4) is 0 Å². The van der Waals surface area contributed by atoms with Crippen LogP contribution in [0.4, 0.5) is 0 Å². The van der Waals surface area contributed by atoms with E-state index < -0.39 is 10.0 Å². The fourth-order valence-corrected chi connectivity index (χ4v) is 2.72. The van der Waals surface area contributed by atoms with Gasteiger partial charge in [0.25, 0.3) is 0 Å². The Morgan fingerprint density at radius 2 is 1.91 bits per heavy atom. The number of hydrogen-bond acceptors (Lipinski definition) is 4. The van der Waals surface area contributed by atoms with E-state index in [4.69, 9.17) is 14.2 Å². The van der Waals surface area contributed by atoms with Crippen molar-refractivity contribution >= 4 is 21.1 Å². The molecule has 0 radical (unpaired) electrons. The summed E-state index contributed by atoms with van der Waals surface area (Å²) in [5.74, 6) is 1.12. The lowest BCUT2D eigenvalue weighted by atomic mass is 10.2. The summed E-state index contributed by atoms with van der Waals surface area (Å²) in [5.41, 5.74) is 3.20. The van der Waals surface area contributed by atoms with Crippen molar-refractivity contribution in [3.63, 3.8) is 0 Å². The van der Waals surface area contributed by atoms with Gasteiger partial charge in [-0.3, -0.25) is 0 Å². The third-order valence-corrected chi connectivity index (χ3v) is 4.85. The number of fused-ring (bicyclic) bond motifs is 1. The molecule has 0 aliphatic rings. The molecule has 0 spiro atoms. The lowest BCUT2D eigenvalue weighted by molar-refractivity contribution is 0.0616. The lowest BCUT2D eigenvalue weighted by Crippen LogP contribution is -2.09. The second-order valence-electron chi connectivity index (χ2n) is 6.42. The minimum atomic E-state index is -0.506. The Morgan fingerprint density at radius 1 is 1.09 bits per heavy atom. The van der Waals surface area contributed by atoms with E-state index >= 15 is 0 Å². The summed E-state index contributed by atoms with van der Waals surface area (Å²) in [5, 5.41) is 0. The summed E-state index contributed by atoms with van der Waals surface area (Å²) in [6.07, 6.45) is 8.75. The van der Waals surface area contributed by atoms with Gasteiger partial charge >= 0.3 is 0 Å². The maximum atomic E-state index is 5.81. The molecular formula is C17H28N2O3S. The molecule has 0 unspecified atom stereocenters. The maximum Gasteiger partial charge on any atom is 0.124 e. The van der Waals surface area contributed by atoms with Gasteiger partial charge in [-0.15, -0.1) is 0 Å². The van der Waals surface area contributed by atoms with Crippen molar-refractivity contribution in [3.05, 3.63) is 30.1 Å². The molecule has 0 aliphatic carbocycles. The van der Waals surface area contributed by atoms with Crippen molar-refractivity contribution in [1.29, 1.82) is 0 Å². The van der Waals surface area contributed by atoms with E-state index in [0.717, 1.165) is 29.0 Å². The molecule has 5 nitrogen and oxygen atoms in total. The van der Waals surface area contributed by atoms with Crippen LogP contribution >= 0.6 is 10.0 Å². The van der Waals surface area contributed by atoms with Crippen LogP contribution in [0.5, 0.6) is 0 Å². The van der Waals surface area contributed by atoms with Gasteiger partial charge in [0.05, 0.1) is 43.8 Å². The topological polar surface area (TPSA) is 45.5 Å². The number of aromatic nitrogens is 2. The van der Waals surface area contributed by atoms with E-state index in [9.17, 15) is 0 Å². The monoisotopic (exact) mass is 340 g/mol. The SMILES string of the molecule is COCCOCc1ccc2ncn(COCCS(C)(C)C)c2c1. The molecule has 1 aromatic heterocycles. The molecule has 0 N–H and O–H groups in total. The maximum absolute atomic E-state index is 5.81. The lowest BCUT2D eigenvalue weighted by Gasteiger charge is -2.24. The van der Waals surface area contributed by atoms with E-state index in [1.807, 2.05) is 17.0 Å². The zero-order valence-corrected chi connectivity index (χ0v) is 15.4. The fraction of sp³-hybridized carbons (Fsp3) is 0.588. The van der Waals surface area contributed by atoms with E-state index in [1.54, 1.807) is 7.11 Å². The highest BCUT2D eigenvalue weighted by atomic mass is 32.3. The highest BCUT2D eigenvalue weighted by molar-refractivity contribution is 8.32. The Bertz CT molecular complexity index is 607. The van der Waals surface area contributed by atoms with Gasteiger partial charge < -0.3 is 18.8 Å². The fourth-order valence-electron chi connectivity index (χ4n) is 2.10.